The summed E-state index contributed by atoms with van der Waals surface area (Å²) in [5.74, 6) is 0.0244. The van der Waals surface area contributed by atoms with Crippen molar-refractivity contribution in [2.24, 2.45) is 5.92 Å². The summed E-state index contributed by atoms with van der Waals surface area (Å²) in [6, 6.07) is 31.0. The van der Waals surface area contributed by atoms with Gasteiger partial charge in [0.25, 0.3) is 0 Å². The van der Waals surface area contributed by atoms with Crippen molar-refractivity contribution < 1.29 is 9.94 Å². The number of anilines is 1. The minimum absolute atomic E-state index is 0.000580. The smallest absolute Gasteiger partial charge is 0.0934 e. The Hall–Kier alpha value is -2.62. The molecule has 0 unspecified atom stereocenters. The number of hydrogen-bond donors (Lipinski definition) is 1. The fourth-order valence-electron chi connectivity index (χ4n) is 3.93. The minimum atomic E-state index is -0.0272. The van der Waals surface area contributed by atoms with Crippen molar-refractivity contribution in [3.05, 3.63) is 102 Å². The molecule has 0 bridgehead atoms. The Morgan fingerprint density at radius 1 is 0.778 bits per heavy atom. The second-order valence-electron chi connectivity index (χ2n) is 7.03. The maximum atomic E-state index is 10.2. The van der Waals surface area contributed by atoms with Gasteiger partial charge in [0.1, 0.15) is 0 Å². The standard InChI is InChI=1S/C24H25NO2/c26-18-22-23(17-16-19-10-4-1-5-11-19)27-25(21-14-8-3-9-15-21)24(22)20-12-6-2-7-13-20/h1-15,22-24,26H,16-18H2/t22-,23-,24+/m1/s1. The van der Waals surface area contributed by atoms with E-state index in [1.807, 2.05) is 47.5 Å². The van der Waals surface area contributed by atoms with Crippen molar-refractivity contribution in [2.45, 2.75) is 25.0 Å². The first-order chi connectivity index (χ1) is 13.4. The number of hydrogen-bond acceptors (Lipinski definition) is 3. The van der Waals surface area contributed by atoms with Crippen LogP contribution in [0.3, 0.4) is 0 Å². The van der Waals surface area contributed by atoms with Gasteiger partial charge in [-0.2, -0.15) is 0 Å². The van der Waals surface area contributed by atoms with Gasteiger partial charge < -0.3 is 5.11 Å². The molecule has 0 aliphatic carbocycles. The van der Waals surface area contributed by atoms with Gasteiger partial charge in [0, 0.05) is 5.92 Å². The number of rotatable bonds is 6. The Morgan fingerprint density at radius 2 is 1.37 bits per heavy atom. The minimum Gasteiger partial charge on any atom is -0.396 e. The molecular formula is C24H25NO2. The van der Waals surface area contributed by atoms with Crippen LogP contribution in [0.25, 0.3) is 0 Å². The Bertz CT molecular complexity index is 823. The quantitative estimate of drug-likeness (QED) is 0.687. The Labute approximate surface area is 160 Å². The molecule has 3 nitrogen and oxygen atoms in total. The van der Waals surface area contributed by atoms with E-state index < -0.39 is 0 Å². The SMILES string of the molecule is OC[C@@H]1[C@@H](CCc2ccccc2)ON(c2ccccc2)[C@H]1c1ccccc1. The molecule has 3 atom stereocenters. The molecule has 0 radical (unpaired) electrons. The molecule has 0 saturated carbocycles. The third-order valence-electron chi connectivity index (χ3n) is 5.31. The molecule has 1 saturated heterocycles. The van der Waals surface area contributed by atoms with Crippen molar-refractivity contribution in [2.75, 3.05) is 11.7 Å². The summed E-state index contributed by atoms with van der Waals surface area (Å²) in [5.41, 5.74) is 3.49. The third-order valence-corrected chi connectivity index (χ3v) is 5.31. The lowest BCUT2D eigenvalue weighted by Crippen LogP contribution is -2.26. The molecule has 3 heteroatoms. The number of aliphatic hydroxyl groups excluding tert-OH is 1. The number of para-hydroxylation sites is 1. The average molecular weight is 359 g/mol. The van der Waals surface area contributed by atoms with Gasteiger partial charge in [-0.05, 0) is 36.1 Å². The molecule has 138 valence electrons. The lowest BCUT2D eigenvalue weighted by molar-refractivity contribution is 0.0506. The van der Waals surface area contributed by atoms with E-state index in [1.54, 1.807) is 0 Å². The molecule has 3 aromatic rings. The zero-order valence-electron chi connectivity index (χ0n) is 15.3. The highest BCUT2D eigenvalue weighted by Crippen LogP contribution is 2.43. The molecule has 27 heavy (non-hydrogen) atoms. The molecule has 1 aliphatic heterocycles. The summed E-state index contributed by atoms with van der Waals surface area (Å²) in [6.45, 7) is 0.0996. The summed E-state index contributed by atoms with van der Waals surface area (Å²) in [5, 5.41) is 12.2. The van der Waals surface area contributed by atoms with Crippen LogP contribution in [0.1, 0.15) is 23.6 Å². The number of aliphatic hydroxyl groups is 1. The lowest BCUT2D eigenvalue weighted by atomic mass is 9.87. The van der Waals surface area contributed by atoms with E-state index in [4.69, 9.17) is 4.84 Å². The highest BCUT2D eigenvalue weighted by molar-refractivity contribution is 5.47. The van der Waals surface area contributed by atoms with E-state index in [2.05, 4.69) is 48.5 Å². The van der Waals surface area contributed by atoms with Crippen molar-refractivity contribution in [1.82, 2.24) is 0 Å². The van der Waals surface area contributed by atoms with Crippen LogP contribution in [0.5, 0.6) is 0 Å². The van der Waals surface area contributed by atoms with Crippen LogP contribution in [-0.2, 0) is 11.3 Å². The fraction of sp³-hybridized carbons (Fsp3) is 0.250. The van der Waals surface area contributed by atoms with Crippen LogP contribution in [0.4, 0.5) is 5.69 Å². The van der Waals surface area contributed by atoms with Crippen molar-refractivity contribution in [3.8, 4) is 0 Å². The molecule has 3 aromatic carbocycles. The second-order valence-corrected chi connectivity index (χ2v) is 7.03. The summed E-state index contributed by atoms with van der Waals surface area (Å²) in [7, 11) is 0. The molecule has 1 fully saturated rings. The fourth-order valence-corrected chi connectivity index (χ4v) is 3.93. The Morgan fingerprint density at radius 3 is 2.00 bits per heavy atom. The Kier molecular flexibility index (Phi) is 5.52. The van der Waals surface area contributed by atoms with Gasteiger partial charge in [-0.3, -0.25) is 4.84 Å². The molecule has 0 aromatic heterocycles. The molecule has 0 amide bonds. The predicted octanol–water partition coefficient (Wildman–Crippen LogP) is 4.79. The maximum absolute atomic E-state index is 10.2. The van der Waals surface area contributed by atoms with Gasteiger partial charge in [0.2, 0.25) is 0 Å². The average Bonchev–Trinajstić information content (AvgIpc) is 3.13. The van der Waals surface area contributed by atoms with Crippen LogP contribution in [0.2, 0.25) is 0 Å². The molecule has 4 rings (SSSR count). The van der Waals surface area contributed by atoms with Crippen LogP contribution < -0.4 is 5.06 Å². The first kappa shape index (κ1) is 17.8. The topological polar surface area (TPSA) is 32.7 Å². The number of nitrogens with zero attached hydrogens (tertiary/aromatic N) is 1. The zero-order valence-corrected chi connectivity index (χ0v) is 15.3. The van der Waals surface area contributed by atoms with E-state index in [0.29, 0.717) is 0 Å². The van der Waals surface area contributed by atoms with Gasteiger partial charge >= 0.3 is 0 Å². The highest BCUT2D eigenvalue weighted by Gasteiger charge is 2.43. The van der Waals surface area contributed by atoms with Gasteiger partial charge in [-0.1, -0.05) is 78.9 Å². The Balaban J connectivity index is 1.61. The summed E-state index contributed by atoms with van der Waals surface area (Å²) in [4.78, 5) is 6.41. The van der Waals surface area contributed by atoms with Crippen LogP contribution in [-0.4, -0.2) is 17.8 Å². The molecule has 0 spiro atoms. The first-order valence-electron chi connectivity index (χ1n) is 9.57. The van der Waals surface area contributed by atoms with Gasteiger partial charge in [-0.15, -0.1) is 0 Å². The van der Waals surface area contributed by atoms with E-state index in [-0.39, 0.29) is 24.7 Å². The second kappa shape index (κ2) is 8.38. The van der Waals surface area contributed by atoms with Crippen molar-refractivity contribution >= 4 is 5.69 Å². The summed E-state index contributed by atoms with van der Waals surface area (Å²) in [6.07, 6.45) is 1.79. The van der Waals surface area contributed by atoms with E-state index in [1.165, 1.54) is 11.1 Å². The number of benzene rings is 3. The van der Waals surface area contributed by atoms with Gasteiger partial charge in [-0.25, -0.2) is 5.06 Å². The highest BCUT2D eigenvalue weighted by atomic mass is 16.7. The zero-order chi connectivity index (χ0) is 18.5. The van der Waals surface area contributed by atoms with Crippen molar-refractivity contribution in [1.29, 1.82) is 0 Å². The lowest BCUT2D eigenvalue weighted by Gasteiger charge is -2.27. The largest absolute Gasteiger partial charge is 0.396 e. The normalized spacial score (nSPS) is 22.1. The maximum Gasteiger partial charge on any atom is 0.0934 e. The summed E-state index contributed by atoms with van der Waals surface area (Å²) >= 11 is 0. The molecule has 1 N–H and O–H groups in total. The third kappa shape index (κ3) is 3.90. The monoisotopic (exact) mass is 359 g/mol. The van der Waals surface area contributed by atoms with E-state index in [9.17, 15) is 5.11 Å². The van der Waals surface area contributed by atoms with Crippen LogP contribution >= 0.6 is 0 Å². The van der Waals surface area contributed by atoms with Crippen LogP contribution in [0.15, 0.2) is 91.0 Å². The van der Waals surface area contributed by atoms with Gasteiger partial charge in [0.05, 0.1) is 24.4 Å². The van der Waals surface area contributed by atoms with E-state index in [0.717, 1.165) is 18.5 Å². The summed E-state index contributed by atoms with van der Waals surface area (Å²) < 4.78 is 0. The molecule has 1 heterocycles. The number of hydroxylamine groups is 1. The van der Waals surface area contributed by atoms with Gasteiger partial charge in [0.15, 0.2) is 0 Å². The first-order valence-corrected chi connectivity index (χ1v) is 9.57. The molecule has 1 aliphatic rings. The van der Waals surface area contributed by atoms with Crippen LogP contribution in [0, 0.1) is 5.92 Å². The van der Waals surface area contributed by atoms with E-state index >= 15 is 0 Å². The number of aryl methyl sites for hydroxylation is 1. The predicted molar refractivity (Wildman–Crippen MR) is 108 cm³/mol. The van der Waals surface area contributed by atoms with Crippen molar-refractivity contribution in [3.63, 3.8) is 0 Å². The molecular weight excluding hydrogens is 334 g/mol.